The van der Waals surface area contributed by atoms with Crippen LogP contribution in [0, 0.1) is 6.92 Å². The Hall–Kier alpha value is -3.39. The van der Waals surface area contributed by atoms with Gasteiger partial charge in [-0.1, -0.05) is 48.0 Å². The van der Waals surface area contributed by atoms with Crippen molar-refractivity contribution in [2.24, 2.45) is 0 Å². The van der Waals surface area contributed by atoms with E-state index in [1.54, 1.807) is 19.1 Å². The standard InChI is InChI=1S/C23H19ClF3N5/c1-12-6-5-7-14-10-16(20(31-19(12)14)15-8-3-4-9-18(15)24)13(2)30-21-17(23(25,26)27)11-29-22(28)32-21/h3-11,13H,1-2H3,(H3,28,29,30,32). The fraction of sp³-hybridized carbons (Fsp3) is 0.174. The number of benzene rings is 2. The van der Waals surface area contributed by atoms with Crippen LogP contribution in [0.4, 0.5) is 24.9 Å². The van der Waals surface area contributed by atoms with E-state index in [4.69, 9.17) is 22.3 Å². The zero-order valence-corrected chi connectivity index (χ0v) is 18.0. The van der Waals surface area contributed by atoms with E-state index in [1.165, 1.54) is 0 Å². The fourth-order valence-electron chi connectivity index (χ4n) is 3.56. The van der Waals surface area contributed by atoms with Gasteiger partial charge in [-0.15, -0.1) is 0 Å². The van der Waals surface area contributed by atoms with Crippen molar-refractivity contribution < 1.29 is 13.2 Å². The van der Waals surface area contributed by atoms with E-state index in [-0.39, 0.29) is 5.95 Å². The maximum Gasteiger partial charge on any atom is 0.421 e. The van der Waals surface area contributed by atoms with Gasteiger partial charge < -0.3 is 11.1 Å². The van der Waals surface area contributed by atoms with Gasteiger partial charge in [-0.3, -0.25) is 0 Å². The smallest absolute Gasteiger partial charge is 0.368 e. The zero-order chi connectivity index (χ0) is 23.0. The fourth-order valence-corrected chi connectivity index (χ4v) is 3.78. The summed E-state index contributed by atoms with van der Waals surface area (Å²) in [6.45, 7) is 3.68. The molecule has 0 aliphatic carbocycles. The molecule has 0 radical (unpaired) electrons. The van der Waals surface area contributed by atoms with Gasteiger partial charge in [-0.05, 0) is 31.5 Å². The molecule has 32 heavy (non-hydrogen) atoms. The summed E-state index contributed by atoms with van der Waals surface area (Å²) in [5, 5.41) is 4.20. The van der Waals surface area contributed by atoms with Crippen LogP contribution in [0.2, 0.25) is 5.02 Å². The van der Waals surface area contributed by atoms with Crippen molar-refractivity contribution in [3.63, 3.8) is 0 Å². The molecule has 0 spiro atoms. The number of nitrogen functional groups attached to an aromatic ring is 1. The van der Waals surface area contributed by atoms with Gasteiger partial charge in [0.15, 0.2) is 0 Å². The van der Waals surface area contributed by atoms with Crippen LogP contribution in [-0.2, 0) is 6.18 Å². The van der Waals surface area contributed by atoms with E-state index >= 15 is 0 Å². The zero-order valence-electron chi connectivity index (χ0n) is 17.2. The first-order valence-electron chi connectivity index (χ1n) is 9.76. The van der Waals surface area contributed by atoms with Gasteiger partial charge in [0.1, 0.15) is 11.4 Å². The Balaban J connectivity index is 1.88. The molecule has 2 heterocycles. The first kappa shape index (κ1) is 21.8. The van der Waals surface area contributed by atoms with Crippen LogP contribution in [0.15, 0.2) is 54.7 Å². The number of alkyl halides is 3. The quantitative estimate of drug-likeness (QED) is 0.369. The van der Waals surface area contributed by atoms with Crippen LogP contribution in [0.5, 0.6) is 0 Å². The molecule has 2 aromatic carbocycles. The highest BCUT2D eigenvalue weighted by Crippen LogP contribution is 2.38. The number of hydrogen-bond acceptors (Lipinski definition) is 5. The summed E-state index contributed by atoms with van der Waals surface area (Å²) in [5.74, 6) is -0.654. The van der Waals surface area contributed by atoms with E-state index in [9.17, 15) is 13.2 Å². The largest absolute Gasteiger partial charge is 0.421 e. The van der Waals surface area contributed by atoms with Crippen LogP contribution in [0.25, 0.3) is 22.2 Å². The Morgan fingerprint density at radius 2 is 1.81 bits per heavy atom. The molecule has 0 saturated heterocycles. The summed E-state index contributed by atoms with van der Waals surface area (Å²) < 4.78 is 40.5. The van der Waals surface area contributed by atoms with Crippen LogP contribution < -0.4 is 11.1 Å². The number of fused-ring (bicyclic) bond motifs is 1. The highest BCUT2D eigenvalue weighted by Gasteiger charge is 2.35. The molecule has 0 aliphatic heterocycles. The summed E-state index contributed by atoms with van der Waals surface area (Å²) in [6.07, 6.45) is -3.96. The second-order valence-corrected chi connectivity index (χ2v) is 7.81. The predicted octanol–water partition coefficient (Wildman–Crippen LogP) is 6.43. The van der Waals surface area contributed by atoms with Gasteiger partial charge >= 0.3 is 6.18 Å². The van der Waals surface area contributed by atoms with Crippen LogP contribution >= 0.6 is 11.6 Å². The third-order valence-corrected chi connectivity index (χ3v) is 5.47. The number of nitrogens with zero attached hydrogens (tertiary/aromatic N) is 3. The summed E-state index contributed by atoms with van der Waals surface area (Å²) in [4.78, 5) is 12.1. The molecule has 1 atom stereocenters. The lowest BCUT2D eigenvalue weighted by molar-refractivity contribution is -0.137. The summed E-state index contributed by atoms with van der Waals surface area (Å²) in [6, 6.07) is 14.3. The average molecular weight is 458 g/mol. The molecule has 3 N–H and O–H groups in total. The minimum absolute atomic E-state index is 0.258. The van der Waals surface area contributed by atoms with Gasteiger partial charge in [-0.25, -0.2) is 9.97 Å². The molecule has 9 heteroatoms. The number of nitrogens with two attached hydrogens (primary N) is 1. The third-order valence-electron chi connectivity index (χ3n) is 5.14. The van der Waals surface area contributed by atoms with E-state index in [1.807, 2.05) is 43.3 Å². The highest BCUT2D eigenvalue weighted by atomic mass is 35.5. The van der Waals surface area contributed by atoms with Gasteiger partial charge in [0.05, 0.1) is 17.3 Å². The molecular formula is C23H19ClF3N5. The number of halogens is 4. The van der Waals surface area contributed by atoms with Crippen LogP contribution in [-0.4, -0.2) is 15.0 Å². The second-order valence-electron chi connectivity index (χ2n) is 7.41. The number of nitrogens with one attached hydrogen (secondary N) is 1. The van der Waals surface area contributed by atoms with Crippen molar-refractivity contribution in [3.8, 4) is 11.3 Å². The van der Waals surface area contributed by atoms with Crippen molar-refractivity contribution in [1.29, 1.82) is 0 Å². The maximum absolute atomic E-state index is 13.5. The SMILES string of the molecule is Cc1cccc2cc(C(C)Nc3nc(N)ncc3C(F)(F)F)c(-c3ccccc3Cl)nc12. The molecule has 1 unspecified atom stereocenters. The van der Waals surface area contributed by atoms with Crippen molar-refractivity contribution in [1.82, 2.24) is 15.0 Å². The van der Waals surface area contributed by atoms with Gasteiger partial charge in [-0.2, -0.15) is 18.2 Å². The molecule has 0 amide bonds. The first-order chi connectivity index (χ1) is 15.1. The second kappa shape index (κ2) is 8.27. The minimum Gasteiger partial charge on any atom is -0.368 e. The van der Waals surface area contributed by atoms with E-state index in [2.05, 4.69) is 15.3 Å². The molecule has 5 nitrogen and oxygen atoms in total. The molecule has 164 valence electrons. The van der Waals surface area contributed by atoms with E-state index in [0.29, 0.717) is 28.0 Å². The number of aromatic nitrogens is 3. The van der Waals surface area contributed by atoms with Crippen molar-refractivity contribution >= 4 is 34.3 Å². The third kappa shape index (κ3) is 4.18. The Bertz CT molecular complexity index is 1310. The topological polar surface area (TPSA) is 76.7 Å². The molecule has 4 rings (SSSR count). The Labute approximate surface area is 187 Å². The first-order valence-corrected chi connectivity index (χ1v) is 10.1. The molecule has 0 aliphatic rings. The molecule has 4 aromatic rings. The summed E-state index contributed by atoms with van der Waals surface area (Å²) >= 11 is 6.45. The molecular weight excluding hydrogens is 439 g/mol. The molecule has 0 bridgehead atoms. The average Bonchev–Trinajstić information content (AvgIpc) is 2.73. The normalized spacial score (nSPS) is 12.7. The maximum atomic E-state index is 13.5. The molecule has 0 fully saturated rings. The lowest BCUT2D eigenvalue weighted by atomic mass is 9.97. The monoisotopic (exact) mass is 457 g/mol. The van der Waals surface area contributed by atoms with E-state index < -0.39 is 23.6 Å². The van der Waals surface area contributed by atoms with E-state index in [0.717, 1.165) is 16.5 Å². The van der Waals surface area contributed by atoms with Crippen LogP contribution in [0.1, 0.15) is 29.7 Å². The number of para-hydroxylation sites is 1. The number of hydrogen-bond donors (Lipinski definition) is 2. The number of pyridine rings is 1. The van der Waals surface area contributed by atoms with Gasteiger partial charge in [0.2, 0.25) is 5.95 Å². The van der Waals surface area contributed by atoms with Crippen molar-refractivity contribution in [3.05, 3.63) is 76.4 Å². The number of anilines is 2. The Morgan fingerprint density at radius 1 is 1.06 bits per heavy atom. The summed E-state index contributed by atoms with van der Waals surface area (Å²) in [5.41, 5.74) is 8.26. The minimum atomic E-state index is -4.64. The Kier molecular flexibility index (Phi) is 5.64. The van der Waals surface area contributed by atoms with Gasteiger partial charge in [0.25, 0.3) is 0 Å². The highest BCUT2D eigenvalue weighted by molar-refractivity contribution is 6.33. The van der Waals surface area contributed by atoms with Gasteiger partial charge in [0, 0.05) is 27.7 Å². The number of aryl methyl sites for hydroxylation is 1. The lowest BCUT2D eigenvalue weighted by Gasteiger charge is -2.22. The lowest BCUT2D eigenvalue weighted by Crippen LogP contribution is -2.17. The van der Waals surface area contributed by atoms with Crippen molar-refractivity contribution in [2.75, 3.05) is 11.1 Å². The Morgan fingerprint density at radius 3 is 2.53 bits per heavy atom. The van der Waals surface area contributed by atoms with Crippen LogP contribution in [0.3, 0.4) is 0 Å². The number of rotatable bonds is 4. The summed E-state index contributed by atoms with van der Waals surface area (Å²) in [7, 11) is 0. The molecule has 0 saturated carbocycles. The van der Waals surface area contributed by atoms with Crippen molar-refractivity contribution in [2.45, 2.75) is 26.1 Å². The predicted molar refractivity (Wildman–Crippen MR) is 120 cm³/mol. The molecule has 2 aromatic heterocycles.